The number of hydrogen-bond acceptors (Lipinski definition) is 3. The first-order valence-corrected chi connectivity index (χ1v) is 8.92. The molecule has 22 heavy (non-hydrogen) atoms. The first-order valence-electron chi connectivity index (χ1n) is 7.31. The molecular formula is C17H16BrNO2S. The zero-order chi connectivity index (χ0) is 15.5. The molecule has 0 bridgehead atoms. The van der Waals surface area contributed by atoms with Crippen molar-refractivity contribution in [1.82, 2.24) is 4.90 Å². The first-order chi connectivity index (χ1) is 10.6. The highest BCUT2D eigenvalue weighted by atomic mass is 79.9. The number of nitrogens with zero attached hydrogens (tertiary/aromatic N) is 1. The Morgan fingerprint density at radius 1 is 1.32 bits per heavy atom. The molecule has 114 valence electrons. The van der Waals surface area contributed by atoms with Crippen LogP contribution in [0.4, 0.5) is 0 Å². The van der Waals surface area contributed by atoms with Gasteiger partial charge in [-0.1, -0.05) is 12.1 Å². The molecule has 1 aliphatic heterocycles. The molecule has 1 aromatic heterocycles. The number of ether oxygens (including phenoxy) is 1. The van der Waals surface area contributed by atoms with E-state index < -0.39 is 0 Å². The smallest absolute Gasteiger partial charge is 0.256 e. The molecule has 0 atom stereocenters. The Bertz CT molecular complexity index is 762. The van der Waals surface area contributed by atoms with E-state index in [-0.39, 0.29) is 11.4 Å². The quantitative estimate of drug-likeness (QED) is 0.789. The monoisotopic (exact) mass is 377 g/mol. The largest absolute Gasteiger partial charge is 0.497 e. The van der Waals surface area contributed by atoms with Crippen LogP contribution in [-0.4, -0.2) is 17.9 Å². The minimum Gasteiger partial charge on any atom is -0.497 e. The van der Waals surface area contributed by atoms with Crippen LogP contribution in [0.25, 0.3) is 0 Å². The minimum absolute atomic E-state index is 0.0339. The molecule has 0 saturated heterocycles. The van der Waals surface area contributed by atoms with Crippen LogP contribution in [0.2, 0.25) is 0 Å². The third-order valence-corrected chi connectivity index (χ3v) is 7.06. The predicted molar refractivity (Wildman–Crippen MR) is 90.5 cm³/mol. The zero-order valence-corrected chi connectivity index (χ0v) is 14.9. The lowest BCUT2D eigenvalue weighted by atomic mass is 10.1. The standard InChI is InChI=1S/C17H16BrNO2S/c1-10-13-14(22-15(10)18)17(7-8-17)19(16(13)20)9-11-3-5-12(21-2)6-4-11/h3-6H,7-9H2,1-2H3. The summed E-state index contributed by atoms with van der Waals surface area (Å²) in [4.78, 5) is 16.2. The number of halogens is 1. The Hall–Kier alpha value is -1.33. The van der Waals surface area contributed by atoms with Crippen molar-refractivity contribution in [2.24, 2.45) is 0 Å². The van der Waals surface area contributed by atoms with E-state index in [9.17, 15) is 4.79 Å². The normalized spacial score (nSPS) is 18.0. The van der Waals surface area contributed by atoms with Crippen molar-refractivity contribution >= 4 is 33.2 Å². The highest BCUT2D eigenvalue weighted by Gasteiger charge is 2.59. The van der Waals surface area contributed by atoms with Crippen molar-refractivity contribution in [2.75, 3.05) is 7.11 Å². The third-order valence-electron chi connectivity index (χ3n) is 4.71. The molecule has 0 radical (unpaired) electrons. The van der Waals surface area contributed by atoms with Crippen molar-refractivity contribution in [1.29, 1.82) is 0 Å². The molecule has 1 fully saturated rings. The molecule has 0 N–H and O–H groups in total. The van der Waals surface area contributed by atoms with Gasteiger partial charge in [0.15, 0.2) is 0 Å². The predicted octanol–water partition coefficient (Wildman–Crippen LogP) is 4.47. The summed E-state index contributed by atoms with van der Waals surface area (Å²) in [5.41, 5.74) is 3.14. The summed E-state index contributed by atoms with van der Waals surface area (Å²) in [5, 5.41) is 0. The molecule has 4 rings (SSSR count). The summed E-state index contributed by atoms with van der Waals surface area (Å²) in [6, 6.07) is 7.98. The molecule has 2 heterocycles. The van der Waals surface area contributed by atoms with Gasteiger partial charge in [0.2, 0.25) is 0 Å². The molecule has 1 saturated carbocycles. The maximum absolute atomic E-state index is 12.9. The van der Waals surface area contributed by atoms with Crippen LogP contribution in [0.3, 0.4) is 0 Å². The molecule has 1 aliphatic carbocycles. The van der Waals surface area contributed by atoms with Gasteiger partial charge in [0.25, 0.3) is 5.91 Å². The van der Waals surface area contributed by atoms with E-state index in [1.54, 1.807) is 18.4 Å². The first kappa shape index (κ1) is 14.3. The van der Waals surface area contributed by atoms with Crippen molar-refractivity contribution in [3.8, 4) is 5.75 Å². The van der Waals surface area contributed by atoms with Crippen LogP contribution >= 0.6 is 27.3 Å². The van der Waals surface area contributed by atoms with Crippen LogP contribution < -0.4 is 4.74 Å². The fraction of sp³-hybridized carbons (Fsp3) is 0.353. The van der Waals surface area contributed by atoms with Crippen molar-refractivity contribution in [2.45, 2.75) is 31.8 Å². The second-order valence-corrected chi connectivity index (χ2v) is 8.31. The lowest BCUT2D eigenvalue weighted by Crippen LogP contribution is -2.33. The Kier molecular flexibility index (Phi) is 3.13. The molecule has 3 nitrogen and oxygen atoms in total. The Labute approximate surface area is 142 Å². The number of carbonyl (C=O) groups excluding carboxylic acids is 1. The minimum atomic E-state index is -0.0339. The Morgan fingerprint density at radius 3 is 2.59 bits per heavy atom. The fourth-order valence-corrected chi connectivity index (χ4v) is 5.24. The summed E-state index contributed by atoms with van der Waals surface area (Å²) in [7, 11) is 1.66. The average molecular weight is 378 g/mol. The number of carbonyl (C=O) groups is 1. The van der Waals surface area contributed by atoms with Crippen LogP contribution in [0.5, 0.6) is 5.75 Å². The molecule has 5 heteroatoms. The molecule has 1 spiro atoms. The lowest BCUT2D eigenvalue weighted by molar-refractivity contribution is 0.0684. The number of rotatable bonds is 3. The molecule has 1 aromatic carbocycles. The van der Waals surface area contributed by atoms with Crippen molar-refractivity contribution < 1.29 is 9.53 Å². The number of methoxy groups -OCH3 is 1. The van der Waals surface area contributed by atoms with Gasteiger partial charge < -0.3 is 9.64 Å². The molecule has 0 unspecified atom stereocenters. The van der Waals surface area contributed by atoms with Crippen molar-refractivity contribution in [3.63, 3.8) is 0 Å². The second-order valence-electron chi connectivity index (χ2n) is 5.98. The van der Waals surface area contributed by atoms with Gasteiger partial charge in [0.05, 0.1) is 22.0 Å². The summed E-state index contributed by atoms with van der Waals surface area (Å²) < 4.78 is 6.30. The SMILES string of the molecule is COc1ccc(CN2C(=O)c3c(sc(Br)c3C)C23CC3)cc1. The van der Waals surface area contributed by atoms with Gasteiger partial charge in [0, 0.05) is 11.4 Å². The van der Waals surface area contributed by atoms with Gasteiger partial charge >= 0.3 is 0 Å². The zero-order valence-electron chi connectivity index (χ0n) is 12.5. The summed E-state index contributed by atoms with van der Waals surface area (Å²) >= 11 is 5.32. The number of benzene rings is 1. The summed E-state index contributed by atoms with van der Waals surface area (Å²) in [6.07, 6.45) is 2.16. The molecule has 1 amide bonds. The number of hydrogen-bond donors (Lipinski definition) is 0. The summed E-state index contributed by atoms with van der Waals surface area (Å²) in [5.74, 6) is 1.03. The van der Waals surface area contributed by atoms with E-state index in [1.165, 1.54) is 4.88 Å². The van der Waals surface area contributed by atoms with Gasteiger partial charge in [-0.05, 0) is 59.0 Å². The van der Waals surface area contributed by atoms with Crippen LogP contribution in [0, 0.1) is 6.92 Å². The highest BCUT2D eigenvalue weighted by Crippen LogP contribution is 2.60. The molecule has 2 aliphatic rings. The van der Waals surface area contributed by atoms with E-state index in [0.29, 0.717) is 6.54 Å². The van der Waals surface area contributed by atoms with E-state index >= 15 is 0 Å². The van der Waals surface area contributed by atoms with Gasteiger partial charge in [-0.3, -0.25) is 4.79 Å². The summed E-state index contributed by atoms with van der Waals surface area (Å²) in [6.45, 7) is 2.70. The second kappa shape index (κ2) is 4.83. The van der Waals surface area contributed by atoms with Crippen molar-refractivity contribution in [3.05, 3.63) is 49.6 Å². The van der Waals surface area contributed by atoms with E-state index in [4.69, 9.17) is 4.74 Å². The topological polar surface area (TPSA) is 29.5 Å². The van der Waals surface area contributed by atoms with Gasteiger partial charge in [0.1, 0.15) is 5.75 Å². The molecular weight excluding hydrogens is 362 g/mol. The van der Waals surface area contributed by atoms with Crippen LogP contribution in [-0.2, 0) is 12.1 Å². The average Bonchev–Trinajstić information content (AvgIpc) is 3.23. The van der Waals surface area contributed by atoms with Gasteiger partial charge in [-0.25, -0.2) is 0 Å². The van der Waals surface area contributed by atoms with E-state index in [2.05, 4.69) is 20.8 Å². The van der Waals surface area contributed by atoms with Crippen LogP contribution in [0.1, 0.15) is 39.2 Å². The fourth-order valence-electron chi connectivity index (χ4n) is 3.27. The number of fused-ring (bicyclic) bond motifs is 2. The maximum Gasteiger partial charge on any atom is 0.256 e. The Morgan fingerprint density at radius 2 is 2.00 bits per heavy atom. The highest BCUT2D eigenvalue weighted by molar-refractivity contribution is 9.11. The number of thiophene rings is 1. The third kappa shape index (κ3) is 1.88. The maximum atomic E-state index is 12.9. The van der Waals surface area contributed by atoms with E-state index in [1.807, 2.05) is 31.2 Å². The Balaban J connectivity index is 1.67. The van der Waals surface area contributed by atoms with Crippen LogP contribution in [0.15, 0.2) is 28.1 Å². The van der Waals surface area contributed by atoms with Gasteiger partial charge in [-0.2, -0.15) is 0 Å². The molecule has 2 aromatic rings. The van der Waals surface area contributed by atoms with Gasteiger partial charge in [-0.15, -0.1) is 11.3 Å². The van der Waals surface area contributed by atoms with E-state index in [0.717, 1.165) is 39.1 Å². The lowest BCUT2D eigenvalue weighted by Gasteiger charge is -2.25. The number of amides is 1.